The van der Waals surface area contributed by atoms with Crippen molar-refractivity contribution in [3.8, 4) is 6.07 Å². The van der Waals surface area contributed by atoms with Crippen LogP contribution in [-0.4, -0.2) is 48.0 Å². The number of nitrogens with zero attached hydrogens (tertiary/aromatic N) is 4. The van der Waals surface area contributed by atoms with Gasteiger partial charge in [-0.15, -0.1) is 0 Å². The van der Waals surface area contributed by atoms with E-state index in [4.69, 9.17) is 0 Å². The lowest BCUT2D eigenvalue weighted by atomic mass is 9.92. The maximum atomic E-state index is 13.4. The van der Waals surface area contributed by atoms with Crippen molar-refractivity contribution in [3.63, 3.8) is 0 Å². The molecule has 0 aliphatic carbocycles. The number of nitriles is 1. The molecule has 1 aromatic carbocycles. The van der Waals surface area contributed by atoms with Gasteiger partial charge in [-0.2, -0.15) is 31.6 Å². The summed E-state index contributed by atoms with van der Waals surface area (Å²) in [6.07, 6.45) is -7.55. The molecule has 1 aliphatic rings. The van der Waals surface area contributed by atoms with E-state index in [1.165, 1.54) is 29.4 Å². The fraction of sp³-hybridized carbons (Fsp3) is 0.500. The molecule has 1 aromatic heterocycles. The number of hydrogen-bond donors (Lipinski definition) is 1. The number of alkyl halides is 6. The van der Waals surface area contributed by atoms with Gasteiger partial charge >= 0.3 is 12.4 Å². The van der Waals surface area contributed by atoms with Crippen LogP contribution in [0.15, 0.2) is 24.5 Å². The average molecular weight is 417 g/mol. The Hall–Kier alpha value is -2.61. The van der Waals surface area contributed by atoms with E-state index in [1.807, 2.05) is 6.07 Å². The Labute approximate surface area is 162 Å². The van der Waals surface area contributed by atoms with E-state index in [0.717, 1.165) is 0 Å². The molecule has 0 amide bonds. The SMILES string of the molecule is N#Cc1ccc(N2CC(NCCC(F)(F)F)CC(C(F)(F)F)C2)c2nccnc12. The highest BCUT2D eigenvalue weighted by Crippen LogP contribution is 2.37. The summed E-state index contributed by atoms with van der Waals surface area (Å²) in [4.78, 5) is 9.71. The summed E-state index contributed by atoms with van der Waals surface area (Å²) in [5.74, 6) is -1.71. The zero-order valence-corrected chi connectivity index (χ0v) is 15.1. The molecule has 5 nitrogen and oxygen atoms in total. The van der Waals surface area contributed by atoms with E-state index >= 15 is 0 Å². The Morgan fingerprint density at radius 2 is 1.76 bits per heavy atom. The minimum Gasteiger partial charge on any atom is -0.368 e. The van der Waals surface area contributed by atoms with Crippen molar-refractivity contribution in [1.29, 1.82) is 5.26 Å². The highest BCUT2D eigenvalue weighted by atomic mass is 19.4. The van der Waals surface area contributed by atoms with Crippen LogP contribution in [-0.2, 0) is 0 Å². The van der Waals surface area contributed by atoms with Crippen LogP contribution in [0.4, 0.5) is 32.0 Å². The van der Waals surface area contributed by atoms with Gasteiger partial charge in [-0.25, -0.2) is 0 Å². The van der Waals surface area contributed by atoms with Gasteiger partial charge < -0.3 is 10.2 Å². The summed E-state index contributed by atoms with van der Waals surface area (Å²) in [5.41, 5.74) is 1.15. The summed E-state index contributed by atoms with van der Waals surface area (Å²) in [7, 11) is 0. The number of halogens is 6. The first-order valence-corrected chi connectivity index (χ1v) is 8.84. The predicted molar refractivity (Wildman–Crippen MR) is 93.1 cm³/mol. The molecule has 1 saturated heterocycles. The number of fused-ring (bicyclic) bond motifs is 1. The van der Waals surface area contributed by atoms with E-state index in [9.17, 15) is 31.6 Å². The number of rotatable bonds is 4. The fourth-order valence-corrected chi connectivity index (χ4v) is 3.49. The Bertz CT molecular complexity index is 904. The Morgan fingerprint density at radius 1 is 1.07 bits per heavy atom. The first-order chi connectivity index (χ1) is 13.6. The lowest BCUT2D eigenvalue weighted by molar-refractivity contribution is -0.178. The van der Waals surface area contributed by atoms with Crippen LogP contribution in [0.3, 0.4) is 0 Å². The molecule has 2 aromatic rings. The van der Waals surface area contributed by atoms with Crippen LogP contribution >= 0.6 is 0 Å². The Kier molecular flexibility index (Phi) is 5.84. The van der Waals surface area contributed by atoms with Gasteiger partial charge in [-0.3, -0.25) is 9.97 Å². The topological polar surface area (TPSA) is 64.8 Å². The minimum atomic E-state index is -4.49. The van der Waals surface area contributed by atoms with Crippen LogP contribution in [0.5, 0.6) is 0 Å². The highest BCUT2D eigenvalue weighted by Gasteiger charge is 2.45. The number of nitrogens with one attached hydrogen (secondary N) is 1. The molecular weight excluding hydrogens is 400 g/mol. The van der Waals surface area contributed by atoms with Crippen molar-refractivity contribution in [2.24, 2.45) is 5.92 Å². The van der Waals surface area contributed by atoms with Crippen molar-refractivity contribution >= 4 is 16.7 Å². The normalized spacial score (nSPS) is 20.7. The summed E-state index contributed by atoms with van der Waals surface area (Å²) < 4.78 is 77.5. The van der Waals surface area contributed by atoms with E-state index in [2.05, 4.69) is 15.3 Å². The molecule has 29 heavy (non-hydrogen) atoms. The molecule has 2 atom stereocenters. The van der Waals surface area contributed by atoms with Gasteiger partial charge in [0.15, 0.2) is 0 Å². The van der Waals surface area contributed by atoms with Crippen LogP contribution in [0, 0.1) is 17.2 Å². The second kappa shape index (κ2) is 8.02. The van der Waals surface area contributed by atoms with Gasteiger partial charge in [-0.1, -0.05) is 0 Å². The molecule has 0 bridgehead atoms. The molecule has 156 valence electrons. The molecular formula is C18H17F6N5. The van der Waals surface area contributed by atoms with Crippen LogP contribution < -0.4 is 10.2 Å². The number of benzene rings is 1. The Balaban J connectivity index is 1.89. The average Bonchev–Trinajstić information content (AvgIpc) is 2.65. The largest absolute Gasteiger partial charge is 0.393 e. The second-order valence-electron chi connectivity index (χ2n) is 6.89. The number of hydrogen-bond acceptors (Lipinski definition) is 5. The van der Waals surface area contributed by atoms with Gasteiger partial charge in [0, 0.05) is 38.1 Å². The van der Waals surface area contributed by atoms with Crippen LogP contribution in [0.1, 0.15) is 18.4 Å². The first kappa shape index (κ1) is 21.1. The first-order valence-electron chi connectivity index (χ1n) is 8.84. The molecule has 0 saturated carbocycles. The molecule has 1 aliphatic heterocycles. The zero-order valence-electron chi connectivity index (χ0n) is 15.1. The van der Waals surface area contributed by atoms with Gasteiger partial charge in [0.05, 0.1) is 23.6 Å². The number of piperidine rings is 1. The van der Waals surface area contributed by atoms with E-state index in [1.54, 1.807) is 0 Å². The minimum absolute atomic E-state index is 0.0853. The van der Waals surface area contributed by atoms with Gasteiger partial charge in [0.1, 0.15) is 17.1 Å². The smallest absolute Gasteiger partial charge is 0.368 e. The van der Waals surface area contributed by atoms with Crippen molar-refractivity contribution in [2.45, 2.75) is 31.2 Å². The monoisotopic (exact) mass is 417 g/mol. The molecule has 11 heteroatoms. The third-order valence-corrected chi connectivity index (χ3v) is 4.82. The van der Waals surface area contributed by atoms with Crippen molar-refractivity contribution in [1.82, 2.24) is 15.3 Å². The molecule has 2 unspecified atom stereocenters. The molecule has 1 fully saturated rings. The lowest BCUT2D eigenvalue weighted by Gasteiger charge is -2.40. The summed E-state index contributed by atoms with van der Waals surface area (Å²) in [6.45, 7) is -0.721. The van der Waals surface area contributed by atoms with E-state index in [-0.39, 0.29) is 36.1 Å². The maximum absolute atomic E-state index is 13.4. The van der Waals surface area contributed by atoms with Crippen LogP contribution in [0.2, 0.25) is 0 Å². The molecule has 3 rings (SSSR count). The van der Waals surface area contributed by atoms with Crippen molar-refractivity contribution in [2.75, 3.05) is 24.5 Å². The third kappa shape index (κ3) is 5.06. The molecule has 0 radical (unpaired) electrons. The Morgan fingerprint density at radius 3 is 2.38 bits per heavy atom. The quantitative estimate of drug-likeness (QED) is 0.767. The van der Waals surface area contributed by atoms with Crippen molar-refractivity contribution in [3.05, 3.63) is 30.1 Å². The molecule has 1 N–H and O–H groups in total. The second-order valence-corrected chi connectivity index (χ2v) is 6.89. The number of aromatic nitrogens is 2. The van der Waals surface area contributed by atoms with E-state index in [0.29, 0.717) is 5.69 Å². The summed E-state index contributed by atoms with van der Waals surface area (Å²) in [5, 5.41) is 11.8. The maximum Gasteiger partial charge on any atom is 0.393 e. The third-order valence-electron chi connectivity index (χ3n) is 4.82. The lowest BCUT2D eigenvalue weighted by Crippen LogP contribution is -2.53. The highest BCUT2D eigenvalue weighted by molar-refractivity contribution is 5.92. The molecule has 0 spiro atoms. The van der Waals surface area contributed by atoms with Gasteiger partial charge in [-0.05, 0) is 18.6 Å². The van der Waals surface area contributed by atoms with Gasteiger partial charge in [0.2, 0.25) is 0 Å². The van der Waals surface area contributed by atoms with Gasteiger partial charge in [0.25, 0.3) is 0 Å². The summed E-state index contributed by atoms with van der Waals surface area (Å²) in [6, 6.07) is 4.14. The standard InChI is InChI=1S/C18H17F6N5/c19-17(20,21)3-4-26-13-7-12(18(22,23)24)9-29(10-13)14-2-1-11(8-25)15-16(14)28-6-5-27-15/h1-2,5-6,12-13,26H,3-4,7,9-10H2. The van der Waals surface area contributed by atoms with E-state index < -0.39 is 37.3 Å². The van der Waals surface area contributed by atoms with Crippen LogP contribution in [0.25, 0.3) is 11.0 Å². The molecule has 2 heterocycles. The zero-order chi connectivity index (χ0) is 21.2. The van der Waals surface area contributed by atoms with Crippen molar-refractivity contribution < 1.29 is 26.3 Å². The fourth-order valence-electron chi connectivity index (χ4n) is 3.49. The number of anilines is 1. The summed E-state index contributed by atoms with van der Waals surface area (Å²) >= 11 is 0. The predicted octanol–water partition coefficient (Wildman–Crippen LogP) is 3.80.